The first-order valence-electron chi connectivity index (χ1n) is 8.67. The molecule has 0 unspecified atom stereocenters. The Bertz CT molecular complexity index is 1290. The molecule has 0 fully saturated rings. The Morgan fingerprint density at radius 2 is 1.90 bits per heavy atom. The number of benzene rings is 2. The number of rotatable bonds is 5. The third-order valence-electron chi connectivity index (χ3n) is 3.91. The highest BCUT2D eigenvalue weighted by Gasteiger charge is 1.93. The third kappa shape index (κ3) is 4.72. The van der Waals surface area contributed by atoms with Crippen LogP contribution in [0.15, 0.2) is 81.4 Å². The number of H-pyrrole nitrogens is 1. The second-order valence-corrected chi connectivity index (χ2v) is 5.90. The summed E-state index contributed by atoms with van der Waals surface area (Å²) in [6, 6.07) is 20.1. The summed E-state index contributed by atoms with van der Waals surface area (Å²) in [6.07, 6.45) is 1.44. The highest BCUT2D eigenvalue weighted by atomic mass is 16.6. The first-order valence-corrected chi connectivity index (χ1v) is 8.67. The Hall–Kier alpha value is -4.27. The third-order valence-corrected chi connectivity index (χ3v) is 3.91. The molecule has 2 aromatic heterocycles. The normalized spacial score (nSPS) is 11.8. The lowest BCUT2D eigenvalue weighted by atomic mass is 10.2. The molecule has 0 amide bonds. The van der Waals surface area contributed by atoms with E-state index in [1.807, 2.05) is 30.3 Å². The van der Waals surface area contributed by atoms with E-state index >= 15 is 0 Å². The van der Waals surface area contributed by atoms with Gasteiger partial charge in [-0.2, -0.15) is 10.3 Å². The van der Waals surface area contributed by atoms with Crippen molar-refractivity contribution in [1.29, 1.82) is 0 Å². The predicted octanol–water partition coefficient (Wildman–Crippen LogP) is 1.24. The Kier molecular flexibility index (Phi) is 5.38. The molecule has 0 bridgehead atoms. The number of hydrogen-bond acceptors (Lipinski definition) is 8. The van der Waals surface area contributed by atoms with E-state index in [4.69, 9.17) is 9.15 Å². The minimum Gasteiger partial charge on any atom is -0.608 e. The Morgan fingerprint density at radius 1 is 1.07 bits per heavy atom. The number of aromatic amines is 1. The maximum absolute atomic E-state index is 12.2. The first kappa shape index (κ1) is 18.1. The van der Waals surface area contributed by atoms with E-state index < -0.39 is 0 Å². The van der Waals surface area contributed by atoms with Crippen molar-refractivity contribution in [2.45, 2.75) is 6.61 Å². The van der Waals surface area contributed by atoms with Crippen LogP contribution in [0.2, 0.25) is 0 Å². The summed E-state index contributed by atoms with van der Waals surface area (Å²) in [4.78, 5) is 0. The standard InChI is InChI=1S/C20H16N6O3/c27-19(28-13-14-4-2-1-3-5-14)16-8-6-15(7-9-16)18-11-10-17(29-18)12-21-22-20-23-25-26-24-20/h1-12,27H,13H2,(H,23,24,25,26)/p-1. The van der Waals surface area contributed by atoms with Gasteiger partial charge in [0.25, 0.3) is 0 Å². The van der Waals surface area contributed by atoms with E-state index in [1.165, 1.54) is 6.20 Å². The fourth-order valence-electron chi connectivity index (χ4n) is 2.49. The number of furan rings is 1. The topological polar surface area (TPSA) is 125 Å². The summed E-state index contributed by atoms with van der Waals surface area (Å²) in [5, 5.41) is 34.0. The lowest BCUT2D eigenvalue weighted by Gasteiger charge is -2.15. The van der Waals surface area contributed by atoms with Crippen LogP contribution in [0.1, 0.15) is 5.56 Å². The molecule has 0 saturated heterocycles. The molecule has 144 valence electrons. The summed E-state index contributed by atoms with van der Waals surface area (Å²) in [7, 11) is 0. The van der Waals surface area contributed by atoms with E-state index in [-0.39, 0.29) is 18.5 Å². The van der Waals surface area contributed by atoms with Crippen LogP contribution >= 0.6 is 0 Å². The van der Waals surface area contributed by atoms with E-state index in [0.29, 0.717) is 16.0 Å². The lowest BCUT2D eigenvalue weighted by Crippen LogP contribution is -2.18. The minimum absolute atomic E-state index is 0.128. The highest BCUT2D eigenvalue weighted by Crippen LogP contribution is 2.03. The van der Waals surface area contributed by atoms with Crippen LogP contribution in [0.5, 0.6) is 0 Å². The Morgan fingerprint density at radius 3 is 2.66 bits per heavy atom. The number of nitrogens with one attached hydrogen (secondary N) is 1. The van der Waals surface area contributed by atoms with Gasteiger partial charge >= 0.3 is 5.95 Å². The number of ether oxygens (including phenoxy) is 1. The molecule has 0 aliphatic heterocycles. The number of aromatic nitrogens is 4. The van der Waals surface area contributed by atoms with Crippen LogP contribution in [0.25, 0.3) is 12.1 Å². The molecule has 0 aliphatic carbocycles. The second-order valence-electron chi connectivity index (χ2n) is 5.90. The number of nitrogens with zero attached hydrogens (tertiary/aromatic N) is 5. The first-order chi connectivity index (χ1) is 14.3. The molecule has 0 aliphatic rings. The van der Waals surface area contributed by atoms with Crippen LogP contribution in [0.4, 0.5) is 5.95 Å². The highest BCUT2D eigenvalue weighted by molar-refractivity contribution is 5.26. The minimum atomic E-state index is -0.379. The van der Waals surface area contributed by atoms with Gasteiger partial charge in [0, 0.05) is 11.8 Å². The fourth-order valence-corrected chi connectivity index (χ4v) is 2.49. The van der Waals surface area contributed by atoms with Gasteiger partial charge in [0.15, 0.2) is 0 Å². The molecule has 4 rings (SSSR count). The van der Waals surface area contributed by atoms with Crippen molar-refractivity contribution in [2.75, 3.05) is 0 Å². The SMILES string of the molecule is [O-]C(OCc1ccccc1)=c1ccc(=c2ccc(=CN=Nc3nn[nH]n3)o2)cc1. The van der Waals surface area contributed by atoms with E-state index in [1.54, 1.807) is 36.4 Å². The summed E-state index contributed by atoms with van der Waals surface area (Å²) in [5.41, 5.74) is 2.09. The molecule has 0 radical (unpaired) electrons. The molecule has 2 heterocycles. The smallest absolute Gasteiger partial charge is 0.307 e. The molecule has 2 aromatic carbocycles. The van der Waals surface area contributed by atoms with Crippen molar-refractivity contribution in [3.05, 3.63) is 93.6 Å². The number of hydrogen-bond donors (Lipinski definition) is 1. The Labute approximate surface area is 164 Å². The van der Waals surface area contributed by atoms with Gasteiger partial charge in [0.2, 0.25) is 0 Å². The summed E-state index contributed by atoms with van der Waals surface area (Å²) in [6.45, 7) is 0.233. The van der Waals surface area contributed by atoms with Crippen molar-refractivity contribution in [2.24, 2.45) is 10.2 Å². The second kappa shape index (κ2) is 8.61. The fraction of sp³-hybridized carbons (Fsp3) is 0.0500. The zero-order valence-electron chi connectivity index (χ0n) is 15.1. The van der Waals surface area contributed by atoms with E-state index in [0.717, 1.165) is 10.8 Å². The summed E-state index contributed by atoms with van der Waals surface area (Å²) in [5.74, 6) is -0.251. The average Bonchev–Trinajstić information content (AvgIpc) is 3.45. The molecule has 0 spiro atoms. The Balaban J connectivity index is 1.54. The van der Waals surface area contributed by atoms with Gasteiger partial charge in [0.1, 0.15) is 10.8 Å². The van der Waals surface area contributed by atoms with Crippen molar-refractivity contribution < 1.29 is 14.3 Å². The van der Waals surface area contributed by atoms with Gasteiger partial charge in [-0.05, 0) is 28.1 Å². The van der Waals surface area contributed by atoms with Gasteiger partial charge in [-0.1, -0.05) is 59.7 Å². The number of tetrazole rings is 1. The summed E-state index contributed by atoms with van der Waals surface area (Å²) >= 11 is 0. The molecule has 1 N–H and O–H groups in total. The molecule has 4 aromatic rings. The van der Waals surface area contributed by atoms with E-state index in [2.05, 4.69) is 30.9 Å². The lowest BCUT2D eigenvalue weighted by molar-refractivity contribution is -0.293. The number of azo groups is 1. The molecular weight excluding hydrogens is 372 g/mol. The van der Waals surface area contributed by atoms with Crippen LogP contribution in [-0.2, 0) is 11.3 Å². The zero-order valence-corrected chi connectivity index (χ0v) is 15.1. The van der Waals surface area contributed by atoms with Gasteiger partial charge in [-0.3, -0.25) is 0 Å². The van der Waals surface area contributed by atoms with Gasteiger partial charge in [0.05, 0.1) is 12.1 Å². The van der Waals surface area contributed by atoms with Gasteiger partial charge in [-0.25, -0.2) is 0 Å². The van der Waals surface area contributed by atoms with E-state index in [9.17, 15) is 5.11 Å². The molecule has 0 atom stereocenters. The van der Waals surface area contributed by atoms with Crippen molar-refractivity contribution in [1.82, 2.24) is 20.6 Å². The largest absolute Gasteiger partial charge is 0.608 e. The maximum atomic E-state index is 12.2. The van der Waals surface area contributed by atoms with Crippen LogP contribution in [0, 0.1) is 10.6 Å². The average molecular weight is 387 g/mol. The molecular formula is C20H15N6O3-. The maximum Gasteiger partial charge on any atom is 0.307 e. The van der Waals surface area contributed by atoms with Crippen molar-refractivity contribution in [3.8, 4) is 0 Å². The van der Waals surface area contributed by atoms with Crippen LogP contribution < -0.4 is 15.7 Å². The van der Waals surface area contributed by atoms with Crippen LogP contribution in [0.3, 0.4) is 0 Å². The molecule has 9 nitrogen and oxygen atoms in total. The van der Waals surface area contributed by atoms with Crippen molar-refractivity contribution in [3.63, 3.8) is 0 Å². The predicted molar refractivity (Wildman–Crippen MR) is 99.9 cm³/mol. The molecule has 9 heteroatoms. The quantitative estimate of drug-likeness (QED) is 0.514. The van der Waals surface area contributed by atoms with Crippen molar-refractivity contribution >= 4 is 18.1 Å². The molecule has 0 saturated carbocycles. The van der Waals surface area contributed by atoms with Gasteiger partial charge in [-0.15, -0.1) is 10.2 Å². The van der Waals surface area contributed by atoms with Gasteiger partial charge < -0.3 is 14.3 Å². The monoisotopic (exact) mass is 387 g/mol. The zero-order chi connectivity index (χ0) is 19.9. The summed E-state index contributed by atoms with van der Waals surface area (Å²) < 4.78 is 11.0. The molecule has 29 heavy (non-hydrogen) atoms. The van der Waals surface area contributed by atoms with Crippen LogP contribution in [-0.4, -0.2) is 20.6 Å².